The van der Waals surface area contributed by atoms with E-state index in [1.54, 1.807) is 12.1 Å². The number of rotatable bonds is 9. The zero-order chi connectivity index (χ0) is 22.1. The zero-order valence-corrected chi connectivity index (χ0v) is 18.9. The van der Waals surface area contributed by atoms with Gasteiger partial charge in [-0.05, 0) is 44.0 Å². The third kappa shape index (κ3) is 7.09. The number of likely N-dealkylation sites (N-methyl/N-ethyl adjacent to an activating group) is 1. The minimum Gasteiger partial charge on any atom is -0.492 e. The smallest absolute Gasteiger partial charge is 0.225 e. The molecule has 3 rings (SSSR count). The molecule has 0 unspecified atom stereocenters. The summed E-state index contributed by atoms with van der Waals surface area (Å²) in [5.41, 5.74) is 0. The number of hydrogen-bond acceptors (Lipinski definition) is 4. The van der Waals surface area contributed by atoms with Crippen molar-refractivity contribution >= 4 is 11.9 Å². The average molecular weight is 434 g/mol. The first-order valence-electron chi connectivity index (χ1n) is 11.5. The van der Waals surface area contributed by atoms with E-state index in [2.05, 4.69) is 17.1 Å². The molecule has 1 N–H and O–H groups in total. The van der Waals surface area contributed by atoms with Crippen LogP contribution in [-0.4, -0.2) is 92.6 Å². The predicted octanol–water partition coefficient (Wildman–Crippen LogP) is 2.05. The highest BCUT2D eigenvalue weighted by Crippen LogP contribution is 2.28. The molecule has 1 aromatic carbocycles. The minimum absolute atomic E-state index is 0.266. The molecule has 1 heterocycles. The lowest BCUT2D eigenvalue weighted by molar-refractivity contribution is -0.139. The van der Waals surface area contributed by atoms with Gasteiger partial charge in [-0.2, -0.15) is 0 Å². The van der Waals surface area contributed by atoms with Crippen molar-refractivity contribution in [3.05, 3.63) is 30.1 Å². The molecule has 0 aromatic heterocycles. The van der Waals surface area contributed by atoms with E-state index < -0.39 is 0 Å². The predicted molar refractivity (Wildman–Crippen MR) is 121 cm³/mol. The highest BCUT2D eigenvalue weighted by atomic mass is 19.1. The van der Waals surface area contributed by atoms with Gasteiger partial charge in [-0.15, -0.1) is 0 Å². The molecular weight excluding hydrogens is 397 g/mol. The Bertz CT molecular complexity index is 715. The zero-order valence-electron chi connectivity index (χ0n) is 18.9. The van der Waals surface area contributed by atoms with Crippen molar-refractivity contribution in [3.8, 4) is 5.75 Å². The van der Waals surface area contributed by atoms with Crippen molar-refractivity contribution < 1.29 is 13.9 Å². The summed E-state index contributed by atoms with van der Waals surface area (Å²) >= 11 is 0. The molecule has 2 fully saturated rings. The molecule has 1 aliphatic carbocycles. The largest absolute Gasteiger partial charge is 0.492 e. The summed E-state index contributed by atoms with van der Waals surface area (Å²) in [7, 11) is 1.99. The number of piperazine rings is 1. The Morgan fingerprint density at radius 3 is 2.55 bits per heavy atom. The number of benzene rings is 1. The summed E-state index contributed by atoms with van der Waals surface area (Å²) in [5, 5.41) is 3.32. The summed E-state index contributed by atoms with van der Waals surface area (Å²) < 4.78 is 18.7. The molecule has 0 bridgehead atoms. The lowest BCUT2D eigenvalue weighted by Gasteiger charge is -2.38. The Kier molecular flexibility index (Phi) is 8.94. The van der Waals surface area contributed by atoms with Gasteiger partial charge in [0.1, 0.15) is 18.2 Å². The Morgan fingerprint density at radius 1 is 1.23 bits per heavy atom. The summed E-state index contributed by atoms with van der Waals surface area (Å²) in [6.07, 6.45) is 3.35. The molecule has 2 aliphatic rings. The molecule has 0 radical (unpaired) electrons. The molecule has 1 amide bonds. The third-order valence-electron chi connectivity index (χ3n) is 6.02. The lowest BCUT2D eigenvalue weighted by Crippen LogP contribution is -2.51. The van der Waals surface area contributed by atoms with E-state index in [1.165, 1.54) is 18.6 Å². The first kappa shape index (κ1) is 23.3. The second kappa shape index (κ2) is 11.9. The van der Waals surface area contributed by atoms with Crippen LogP contribution in [0.1, 0.15) is 26.2 Å². The van der Waals surface area contributed by atoms with Crippen LogP contribution < -0.4 is 10.1 Å². The number of nitrogens with one attached hydrogen (secondary N) is 1. The maximum absolute atomic E-state index is 13.0. The highest BCUT2D eigenvalue weighted by molar-refractivity contribution is 5.80. The van der Waals surface area contributed by atoms with Crippen LogP contribution in [0, 0.1) is 11.7 Å². The number of aliphatic imine (C=N–C) groups is 1. The Hall–Kier alpha value is -2.35. The van der Waals surface area contributed by atoms with Crippen LogP contribution in [0.3, 0.4) is 0 Å². The quantitative estimate of drug-likeness (QED) is 0.477. The molecule has 7 nitrogen and oxygen atoms in total. The van der Waals surface area contributed by atoms with E-state index in [0.29, 0.717) is 37.3 Å². The van der Waals surface area contributed by atoms with Crippen LogP contribution in [0.15, 0.2) is 29.3 Å². The fourth-order valence-corrected chi connectivity index (χ4v) is 3.81. The maximum Gasteiger partial charge on any atom is 0.225 e. The second-order valence-electron chi connectivity index (χ2n) is 8.25. The number of nitrogens with zero attached hydrogens (tertiary/aromatic N) is 4. The SMILES string of the molecule is CCNC(=NCCN1CCN(C(=O)C2CCC2)CC1)N(C)CCOc1ccc(F)cc1. The highest BCUT2D eigenvalue weighted by Gasteiger charge is 2.30. The number of carbonyl (C=O) groups excluding carboxylic acids is 1. The number of hydrogen-bond donors (Lipinski definition) is 1. The first-order valence-corrected chi connectivity index (χ1v) is 11.5. The molecule has 1 aromatic rings. The van der Waals surface area contributed by atoms with Gasteiger partial charge in [0.2, 0.25) is 5.91 Å². The Labute approximate surface area is 185 Å². The van der Waals surface area contributed by atoms with E-state index in [0.717, 1.165) is 58.1 Å². The van der Waals surface area contributed by atoms with Crippen LogP contribution in [0.5, 0.6) is 5.75 Å². The first-order chi connectivity index (χ1) is 15.1. The number of amides is 1. The van der Waals surface area contributed by atoms with E-state index >= 15 is 0 Å². The van der Waals surface area contributed by atoms with Crippen molar-refractivity contribution in [2.75, 3.05) is 66.0 Å². The molecule has 1 saturated heterocycles. The van der Waals surface area contributed by atoms with Gasteiger partial charge in [0.25, 0.3) is 0 Å². The molecule has 172 valence electrons. The molecule has 1 aliphatic heterocycles. The summed E-state index contributed by atoms with van der Waals surface area (Å²) in [6, 6.07) is 6.06. The van der Waals surface area contributed by atoms with Gasteiger partial charge < -0.3 is 19.9 Å². The topological polar surface area (TPSA) is 60.4 Å². The fraction of sp³-hybridized carbons (Fsp3) is 0.652. The van der Waals surface area contributed by atoms with Crippen molar-refractivity contribution in [3.63, 3.8) is 0 Å². The van der Waals surface area contributed by atoms with Crippen LogP contribution in [0.2, 0.25) is 0 Å². The van der Waals surface area contributed by atoms with Gasteiger partial charge in [0.15, 0.2) is 5.96 Å². The average Bonchev–Trinajstić information content (AvgIpc) is 2.73. The van der Waals surface area contributed by atoms with Gasteiger partial charge in [0, 0.05) is 52.2 Å². The van der Waals surface area contributed by atoms with E-state index in [-0.39, 0.29) is 5.82 Å². The molecule has 1 saturated carbocycles. The Balaban J connectivity index is 1.37. The molecular formula is C23H36FN5O2. The summed E-state index contributed by atoms with van der Waals surface area (Å²) in [6.45, 7) is 9.12. The monoisotopic (exact) mass is 433 g/mol. The minimum atomic E-state index is -0.266. The van der Waals surface area contributed by atoms with Gasteiger partial charge in [-0.25, -0.2) is 4.39 Å². The van der Waals surface area contributed by atoms with Crippen LogP contribution >= 0.6 is 0 Å². The number of halogens is 1. The van der Waals surface area contributed by atoms with E-state index in [1.807, 2.05) is 16.8 Å². The standard InChI is InChI=1S/C23H36FN5O2/c1-3-25-23(27(2)17-18-31-21-9-7-20(24)8-10-21)26-11-12-28-13-15-29(16-14-28)22(30)19-5-4-6-19/h7-10,19H,3-6,11-18H2,1-2H3,(H,25,26). The van der Waals surface area contributed by atoms with Gasteiger partial charge in [-0.1, -0.05) is 6.42 Å². The molecule has 31 heavy (non-hydrogen) atoms. The molecule has 8 heteroatoms. The normalized spacial score (nSPS) is 17.9. The van der Waals surface area contributed by atoms with Crippen molar-refractivity contribution in [1.29, 1.82) is 0 Å². The fourth-order valence-electron chi connectivity index (χ4n) is 3.81. The Morgan fingerprint density at radius 2 is 1.94 bits per heavy atom. The number of guanidine groups is 1. The maximum atomic E-state index is 13.0. The summed E-state index contributed by atoms with van der Waals surface area (Å²) in [5.74, 6) is 1.90. The van der Waals surface area contributed by atoms with Gasteiger partial charge in [-0.3, -0.25) is 14.7 Å². The van der Waals surface area contributed by atoms with E-state index in [4.69, 9.17) is 9.73 Å². The third-order valence-corrected chi connectivity index (χ3v) is 6.02. The lowest BCUT2D eigenvalue weighted by atomic mass is 9.84. The summed E-state index contributed by atoms with van der Waals surface area (Å²) in [4.78, 5) is 23.6. The molecule has 0 atom stereocenters. The van der Waals surface area contributed by atoms with Gasteiger partial charge >= 0.3 is 0 Å². The number of ether oxygens (including phenoxy) is 1. The van der Waals surface area contributed by atoms with Crippen LogP contribution in [0.4, 0.5) is 4.39 Å². The van der Waals surface area contributed by atoms with Crippen LogP contribution in [-0.2, 0) is 4.79 Å². The van der Waals surface area contributed by atoms with Crippen molar-refractivity contribution in [2.24, 2.45) is 10.9 Å². The van der Waals surface area contributed by atoms with E-state index in [9.17, 15) is 9.18 Å². The van der Waals surface area contributed by atoms with Crippen molar-refractivity contribution in [1.82, 2.24) is 20.0 Å². The van der Waals surface area contributed by atoms with Gasteiger partial charge in [0.05, 0.1) is 13.1 Å². The van der Waals surface area contributed by atoms with Crippen molar-refractivity contribution in [2.45, 2.75) is 26.2 Å². The van der Waals surface area contributed by atoms with Crippen LogP contribution in [0.25, 0.3) is 0 Å². The molecule has 0 spiro atoms. The second-order valence-corrected chi connectivity index (χ2v) is 8.25. The number of carbonyl (C=O) groups is 1.